The summed E-state index contributed by atoms with van der Waals surface area (Å²) in [7, 11) is 0. The van der Waals surface area contributed by atoms with Gasteiger partial charge in [-0.15, -0.1) is 0 Å². The molecule has 0 fully saturated rings. The van der Waals surface area contributed by atoms with Gasteiger partial charge in [0.05, 0.1) is 21.3 Å². The quantitative estimate of drug-likeness (QED) is 0.189. The maximum Gasteiger partial charge on any atom is 0.331 e. The van der Waals surface area contributed by atoms with E-state index in [1.165, 1.54) is 24.3 Å². The smallest absolute Gasteiger partial charge is 0.331 e. The minimum Gasteiger partial charge on any atom is -0.442 e. The Morgan fingerprint density at radius 3 is 1.46 bits per heavy atom. The van der Waals surface area contributed by atoms with Crippen molar-refractivity contribution in [3.63, 3.8) is 0 Å². The first-order chi connectivity index (χ1) is 16.6. The maximum atomic E-state index is 11.8. The number of hydrogen-bond donors (Lipinski definition) is 0. The molecule has 182 valence electrons. The van der Waals surface area contributed by atoms with Gasteiger partial charge in [0.25, 0.3) is 0 Å². The number of oxime groups is 2. The lowest BCUT2D eigenvalue weighted by Gasteiger charge is -2.05. The largest absolute Gasteiger partial charge is 0.442 e. The lowest BCUT2D eigenvalue weighted by Crippen LogP contribution is -2.04. The first kappa shape index (κ1) is 25.0. The molecule has 3 rings (SSSR count). The van der Waals surface area contributed by atoms with Crippen LogP contribution in [0.3, 0.4) is 0 Å². The van der Waals surface area contributed by atoms with E-state index in [-0.39, 0.29) is 57.3 Å². The van der Waals surface area contributed by atoms with E-state index in [1.807, 2.05) is 0 Å². The summed E-state index contributed by atoms with van der Waals surface area (Å²) in [6.07, 6.45) is 0.540. The number of benzene rings is 2. The highest BCUT2D eigenvalue weighted by Gasteiger charge is 2.27. The summed E-state index contributed by atoms with van der Waals surface area (Å²) in [5.41, 5.74) is -0.206. The molecule has 0 amide bonds. The molecular formula is C22H20N4O9. The molecule has 0 aliphatic rings. The third-order valence-corrected chi connectivity index (χ3v) is 4.93. The highest BCUT2D eigenvalue weighted by atomic mass is 16.7. The van der Waals surface area contributed by atoms with Crippen molar-refractivity contribution >= 4 is 56.7 Å². The Bertz CT molecular complexity index is 1330. The van der Waals surface area contributed by atoms with Crippen molar-refractivity contribution in [1.29, 1.82) is 0 Å². The van der Waals surface area contributed by atoms with E-state index in [9.17, 15) is 29.8 Å². The average molecular weight is 484 g/mol. The second-order valence-electron chi connectivity index (χ2n) is 7.31. The number of nitro groups is 2. The van der Waals surface area contributed by atoms with Crippen LogP contribution in [0.5, 0.6) is 0 Å². The van der Waals surface area contributed by atoms with Gasteiger partial charge in [0.15, 0.2) is 0 Å². The highest BCUT2D eigenvalue weighted by molar-refractivity contribution is 6.16. The first-order valence-electron chi connectivity index (χ1n) is 10.4. The third-order valence-electron chi connectivity index (χ3n) is 4.93. The number of nitrogens with zero attached hydrogens (tertiary/aromatic N) is 4. The number of carbonyl (C=O) groups is 2. The van der Waals surface area contributed by atoms with E-state index < -0.39 is 33.2 Å². The second-order valence-corrected chi connectivity index (χ2v) is 7.31. The Balaban J connectivity index is 2.41. The molecule has 0 aliphatic heterocycles. The van der Waals surface area contributed by atoms with Crippen molar-refractivity contribution in [2.24, 2.45) is 10.3 Å². The Morgan fingerprint density at radius 1 is 0.800 bits per heavy atom. The number of nitro benzene ring substituents is 2. The molecule has 0 saturated carbocycles. The van der Waals surface area contributed by atoms with E-state index in [1.54, 1.807) is 13.8 Å². The molecule has 1 heterocycles. The molecule has 0 bridgehead atoms. The summed E-state index contributed by atoms with van der Waals surface area (Å²) < 4.78 is 5.64. The Kier molecular flexibility index (Phi) is 7.18. The first-order valence-corrected chi connectivity index (χ1v) is 10.4. The van der Waals surface area contributed by atoms with Crippen LogP contribution in [-0.4, -0.2) is 33.2 Å². The minimum absolute atomic E-state index is 0.174. The van der Waals surface area contributed by atoms with E-state index in [0.717, 1.165) is 13.8 Å². The van der Waals surface area contributed by atoms with E-state index in [4.69, 9.17) is 14.1 Å². The maximum absolute atomic E-state index is 11.8. The van der Waals surface area contributed by atoms with Crippen LogP contribution in [0, 0.1) is 20.2 Å². The van der Waals surface area contributed by atoms with Crippen molar-refractivity contribution in [2.45, 2.75) is 40.5 Å². The Morgan fingerprint density at radius 2 is 1.17 bits per heavy atom. The molecular weight excluding hydrogens is 464 g/mol. The van der Waals surface area contributed by atoms with Gasteiger partial charge >= 0.3 is 23.3 Å². The van der Waals surface area contributed by atoms with Crippen LogP contribution >= 0.6 is 0 Å². The van der Waals surface area contributed by atoms with Gasteiger partial charge in [-0.2, -0.15) is 0 Å². The second kappa shape index (κ2) is 10.1. The van der Waals surface area contributed by atoms with Crippen LogP contribution in [0.25, 0.3) is 21.9 Å². The number of furan rings is 1. The Hall–Kier alpha value is -4.68. The molecule has 0 radical (unpaired) electrons. The van der Waals surface area contributed by atoms with Crippen LogP contribution < -0.4 is 0 Å². The number of hydrogen-bond acceptors (Lipinski definition) is 11. The summed E-state index contributed by atoms with van der Waals surface area (Å²) in [4.78, 5) is 54.1. The average Bonchev–Trinajstić information content (AvgIpc) is 3.16. The fraction of sp³-hybridized carbons (Fsp3) is 0.273. The number of rotatable bonds is 8. The molecule has 0 atom stereocenters. The van der Waals surface area contributed by atoms with Crippen molar-refractivity contribution in [3.05, 3.63) is 55.6 Å². The summed E-state index contributed by atoms with van der Waals surface area (Å²) in [6, 6.07) is 5.43. The standard InChI is InChI=1S/C22H20N4O9/c1-5-17(23-34-11(3)27)13-7-15-16-8-14(18(6-2)24-35-12(4)28)10-20(26(31)32)22(16)33-21(15)19(9-13)25(29)30/h7-10H,5-6H2,1-4H3/b23-17+,24-18+. The number of carbonyl (C=O) groups excluding carboxylic acids is 2. The predicted octanol–water partition coefficient (Wildman–Crippen LogP) is 4.76. The van der Waals surface area contributed by atoms with Gasteiger partial charge in [0, 0.05) is 47.9 Å². The van der Waals surface area contributed by atoms with Crippen molar-refractivity contribution in [1.82, 2.24) is 0 Å². The Labute approximate surface area is 197 Å². The minimum atomic E-state index is -0.681. The number of non-ortho nitro benzene ring substituents is 2. The molecule has 3 aromatic rings. The predicted molar refractivity (Wildman–Crippen MR) is 124 cm³/mol. The van der Waals surface area contributed by atoms with Gasteiger partial charge in [-0.1, -0.05) is 24.2 Å². The van der Waals surface area contributed by atoms with Crippen molar-refractivity contribution < 1.29 is 33.5 Å². The van der Waals surface area contributed by atoms with Gasteiger partial charge < -0.3 is 14.1 Å². The third kappa shape index (κ3) is 5.13. The summed E-state index contributed by atoms with van der Waals surface area (Å²) in [5, 5.41) is 31.6. The normalized spacial score (nSPS) is 12.1. The molecule has 0 spiro atoms. The number of fused-ring (bicyclic) bond motifs is 3. The van der Waals surface area contributed by atoms with Crippen LogP contribution in [0.4, 0.5) is 11.4 Å². The summed E-state index contributed by atoms with van der Waals surface area (Å²) in [5.74, 6) is -1.33. The molecule has 1 aromatic heterocycles. The fourth-order valence-corrected chi connectivity index (χ4v) is 3.43. The molecule has 0 saturated heterocycles. The van der Waals surface area contributed by atoms with Gasteiger partial charge in [-0.25, -0.2) is 9.59 Å². The van der Waals surface area contributed by atoms with Gasteiger partial charge in [-0.05, 0) is 25.0 Å². The topological polar surface area (TPSA) is 177 Å². The van der Waals surface area contributed by atoms with Crippen LogP contribution in [0.2, 0.25) is 0 Å². The molecule has 0 unspecified atom stereocenters. The lowest BCUT2D eigenvalue weighted by molar-refractivity contribution is -0.384. The highest BCUT2D eigenvalue weighted by Crippen LogP contribution is 2.40. The lowest BCUT2D eigenvalue weighted by atomic mass is 10.00. The molecule has 13 nitrogen and oxygen atoms in total. The van der Waals surface area contributed by atoms with Crippen LogP contribution in [0.15, 0.2) is 39.0 Å². The zero-order valence-corrected chi connectivity index (χ0v) is 19.2. The van der Waals surface area contributed by atoms with Gasteiger partial charge in [0.2, 0.25) is 11.2 Å². The van der Waals surface area contributed by atoms with Crippen LogP contribution in [-0.2, 0) is 19.3 Å². The summed E-state index contributed by atoms with van der Waals surface area (Å²) in [6.45, 7) is 5.76. The van der Waals surface area contributed by atoms with Crippen molar-refractivity contribution in [3.8, 4) is 0 Å². The molecule has 35 heavy (non-hydrogen) atoms. The van der Waals surface area contributed by atoms with Crippen LogP contribution in [0.1, 0.15) is 51.7 Å². The molecule has 0 N–H and O–H groups in total. The SMILES string of the molecule is CC/C(=N\OC(C)=O)c1cc([N+](=O)[O-])c2oc3c([N+](=O)[O-])cc(/C(CC)=N/OC(C)=O)cc3c2c1. The van der Waals surface area contributed by atoms with E-state index in [0.29, 0.717) is 0 Å². The zero-order chi connectivity index (χ0) is 25.9. The monoisotopic (exact) mass is 484 g/mol. The van der Waals surface area contributed by atoms with Gasteiger partial charge in [-0.3, -0.25) is 20.2 Å². The van der Waals surface area contributed by atoms with Crippen molar-refractivity contribution in [2.75, 3.05) is 0 Å². The summed E-state index contributed by atoms with van der Waals surface area (Å²) >= 11 is 0. The van der Waals surface area contributed by atoms with Gasteiger partial charge in [0.1, 0.15) is 0 Å². The zero-order valence-electron chi connectivity index (χ0n) is 19.2. The van der Waals surface area contributed by atoms with E-state index >= 15 is 0 Å². The van der Waals surface area contributed by atoms with E-state index in [2.05, 4.69) is 10.3 Å². The molecule has 0 aliphatic carbocycles. The fourth-order valence-electron chi connectivity index (χ4n) is 3.43. The molecule has 13 heteroatoms. The molecule has 2 aromatic carbocycles.